The van der Waals surface area contributed by atoms with Gasteiger partial charge in [-0.1, -0.05) is 25.7 Å². The Kier molecular flexibility index (Phi) is 7.55. The van der Waals surface area contributed by atoms with Crippen molar-refractivity contribution < 1.29 is 4.74 Å². The minimum atomic E-state index is 0.689. The van der Waals surface area contributed by atoms with Crippen LogP contribution in [-0.2, 0) is 4.74 Å². The molecule has 2 atom stereocenters. The molecule has 0 spiro atoms. The molecule has 0 radical (unpaired) electrons. The van der Waals surface area contributed by atoms with Crippen LogP contribution in [0.15, 0.2) is 0 Å². The predicted molar refractivity (Wildman–Crippen MR) is 81.9 cm³/mol. The second-order valence-corrected chi connectivity index (χ2v) is 6.62. The van der Waals surface area contributed by atoms with E-state index in [-0.39, 0.29) is 0 Å². The smallest absolute Gasteiger partial charge is 0.0468 e. The van der Waals surface area contributed by atoms with Gasteiger partial charge in [0.25, 0.3) is 0 Å². The Bertz CT molecular complexity index is 231. The highest BCUT2D eigenvalue weighted by Gasteiger charge is 2.23. The fraction of sp³-hybridized carbons (Fsp3) is 1.00. The molecule has 1 saturated heterocycles. The third-order valence-corrected chi connectivity index (χ3v) is 5.29. The largest absolute Gasteiger partial charge is 0.381 e. The molecule has 0 aromatic rings. The Morgan fingerprint density at radius 3 is 2.58 bits per heavy atom. The zero-order chi connectivity index (χ0) is 13.3. The van der Waals surface area contributed by atoms with Gasteiger partial charge in [0.1, 0.15) is 0 Å². The summed E-state index contributed by atoms with van der Waals surface area (Å²) in [5.41, 5.74) is 0. The Hall–Kier alpha value is 0.210. The van der Waals surface area contributed by atoms with E-state index in [1.807, 2.05) is 0 Å². The van der Waals surface area contributed by atoms with Gasteiger partial charge in [-0.3, -0.25) is 0 Å². The standard InChI is InChI=1S/C16H30ClNO/c17-13-15-6-1-2-7-16(15)18-10-4-3-5-14-8-11-19-12-9-14/h14-16,18H,1-13H2. The molecular formula is C16H30ClNO. The molecule has 0 bridgehead atoms. The Labute approximate surface area is 123 Å². The minimum Gasteiger partial charge on any atom is -0.381 e. The summed E-state index contributed by atoms with van der Waals surface area (Å²) in [6, 6.07) is 0.689. The summed E-state index contributed by atoms with van der Waals surface area (Å²) in [6.07, 6.45) is 12.1. The average molecular weight is 288 g/mol. The summed E-state index contributed by atoms with van der Waals surface area (Å²) < 4.78 is 5.41. The number of unbranched alkanes of at least 4 members (excludes halogenated alkanes) is 1. The maximum absolute atomic E-state index is 6.06. The first kappa shape index (κ1) is 15.6. The van der Waals surface area contributed by atoms with Gasteiger partial charge in [-0.15, -0.1) is 11.6 Å². The van der Waals surface area contributed by atoms with Crippen molar-refractivity contribution in [3.05, 3.63) is 0 Å². The van der Waals surface area contributed by atoms with Crippen molar-refractivity contribution in [3.8, 4) is 0 Å². The van der Waals surface area contributed by atoms with Crippen molar-refractivity contribution >= 4 is 11.6 Å². The van der Waals surface area contributed by atoms with Gasteiger partial charge in [0.2, 0.25) is 0 Å². The average Bonchev–Trinajstić information content (AvgIpc) is 2.48. The molecule has 0 amide bonds. The van der Waals surface area contributed by atoms with Gasteiger partial charge in [0.05, 0.1) is 0 Å². The molecular weight excluding hydrogens is 258 g/mol. The summed E-state index contributed by atoms with van der Waals surface area (Å²) in [5.74, 6) is 2.48. The van der Waals surface area contributed by atoms with Crippen LogP contribution in [0.5, 0.6) is 0 Å². The number of ether oxygens (including phenoxy) is 1. The van der Waals surface area contributed by atoms with Crippen LogP contribution in [0.4, 0.5) is 0 Å². The Balaban J connectivity index is 1.51. The first-order chi connectivity index (χ1) is 9.40. The summed E-state index contributed by atoms with van der Waals surface area (Å²) in [6.45, 7) is 3.16. The molecule has 1 aliphatic carbocycles. The number of rotatable bonds is 7. The second kappa shape index (κ2) is 9.20. The van der Waals surface area contributed by atoms with Gasteiger partial charge >= 0.3 is 0 Å². The molecule has 2 fully saturated rings. The van der Waals surface area contributed by atoms with E-state index in [1.54, 1.807) is 0 Å². The number of halogens is 1. The van der Waals surface area contributed by atoms with Crippen molar-refractivity contribution in [1.82, 2.24) is 5.32 Å². The third-order valence-electron chi connectivity index (χ3n) is 4.89. The van der Waals surface area contributed by atoms with Crippen LogP contribution in [0.2, 0.25) is 0 Å². The summed E-state index contributed by atoms with van der Waals surface area (Å²) in [5, 5.41) is 3.75. The van der Waals surface area contributed by atoms with Crippen molar-refractivity contribution in [2.24, 2.45) is 11.8 Å². The van der Waals surface area contributed by atoms with Gasteiger partial charge in [-0.25, -0.2) is 0 Å². The topological polar surface area (TPSA) is 21.3 Å². The van der Waals surface area contributed by atoms with Crippen LogP contribution in [0.3, 0.4) is 0 Å². The lowest BCUT2D eigenvalue weighted by Crippen LogP contribution is -2.39. The molecule has 112 valence electrons. The van der Waals surface area contributed by atoms with Crippen LogP contribution in [-0.4, -0.2) is 31.7 Å². The fourth-order valence-electron chi connectivity index (χ4n) is 3.54. The van der Waals surface area contributed by atoms with Crippen LogP contribution >= 0.6 is 11.6 Å². The maximum atomic E-state index is 6.06. The summed E-state index contributed by atoms with van der Waals surface area (Å²) in [4.78, 5) is 0. The van der Waals surface area contributed by atoms with Crippen LogP contribution < -0.4 is 5.32 Å². The molecule has 2 unspecified atom stereocenters. The van der Waals surface area contributed by atoms with E-state index >= 15 is 0 Å². The molecule has 1 saturated carbocycles. The van der Waals surface area contributed by atoms with Crippen molar-refractivity contribution in [2.75, 3.05) is 25.6 Å². The lowest BCUT2D eigenvalue weighted by atomic mass is 9.85. The SMILES string of the molecule is ClCC1CCCCC1NCCCCC1CCOCC1. The van der Waals surface area contributed by atoms with Crippen LogP contribution in [0.1, 0.15) is 57.8 Å². The molecule has 19 heavy (non-hydrogen) atoms. The van der Waals surface area contributed by atoms with E-state index in [9.17, 15) is 0 Å². The molecule has 0 aromatic heterocycles. The zero-order valence-electron chi connectivity index (χ0n) is 12.2. The lowest BCUT2D eigenvalue weighted by Gasteiger charge is -2.31. The molecule has 2 rings (SSSR count). The minimum absolute atomic E-state index is 0.689. The van der Waals surface area contributed by atoms with E-state index in [0.717, 1.165) is 25.0 Å². The molecule has 2 aliphatic rings. The fourth-order valence-corrected chi connectivity index (χ4v) is 3.91. The molecule has 1 N–H and O–H groups in total. The summed E-state index contributed by atoms with van der Waals surface area (Å²) in [7, 11) is 0. The van der Waals surface area contributed by atoms with E-state index in [0.29, 0.717) is 12.0 Å². The predicted octanol–water partition coefficient (Wildman–Crippen LogP) is 3.97. The lowest BCUT2D eigenvalue weighted by molar-refractivity contribution is 0.0631. The normalized spacial score (nSPS) is 29.5. The van der Waals surface area contributed by atoms with Gasteiger partial charge in [0, 0.05) is 25.1 Å². The third kappa shape index (κ3) is 5.61. The van der Waals surface area contributed by atoms with Gasteiger partial charge < -0.3 is 10.1 Å². The molecule has 2 nitrogen and oxygen atoms in total. The highest BCUT2D eigenvalue weighted by molar-refractivity contribution is 6.18. The van der Waals surface area contributed by atoms with Gasteiger partial charge in [-0.05, 0) is 50.5 Å². The number of alkyl halides is 1. The van der Waals surface area contributed by atoms with E-state index < -0.39 is 0 Å². The molecule has 3 heteroatoms. The molecule has 1 heterocycles. The maximum Gasteiger partial charge on any atom is 0.0468 e. The van der Waals surface area contributed by atoms with E-state index in [2.05, 4.69) is 5.32 Å². The van der Waals surface area contributed by atoms with Crippen molar-refractivity contribution in [1.29, 1.82) is 0 Å². The monoisotopic (exact) mass is 287 g/mol. The van der Waals surface area contributed by atoms with E-state index in [1.165, 1.54) is 64.3 Å². The second-order valence-electron chi connectivity index (χ2n) is 6.31. The Morgan fingerprint density at radius 1 is 1.00 bits per heavy atom. The van der Waals surface area contributed by atoms with Crippen LogP contribution in [0, 0.1) is 11.8 Å². The number of hydrogen-bond donors (Lipinski definition) is 1. The molecule has 0 aromatic carbocycles. The first-order valence-corrected chi connectivity index (χ1v) is 8.80. The van der Waals surface area contributed by atoms with Crippen molar-refractivity contribution in [2.45, 2.75) is 63.8 Å². The van der Waals surface area contributed by atoms with Gasteiger partial charge in [-0.2, -0.15) is 0 Å². The highest BCUT2D eigenvalue weighted by atomic mass is 35.5. The van der Waals surface area contributed by atoms with E-state index in [4.69, 9.17) is 16.3 Å². The highest BCUT2D eigenvalue weighted by Crippen LogP contribution is 2.25. The number of hydrogen-bond acceptors (Lipinski definition) is 2. The number of nitrogens with one attached hydrogen (secondary N) is 1. The Morgan fingerprint density at radius 2 is 1.79 bits per heavy atom. The zero-order valence-corrected chi connectivity index (χ0v) is 13.0. The summed E-state index contributed by atoms with van der Waals surface area (Å²) >= 11 is 6.06. The molecule has 1 aliphatic heterocycles. The van der Waals surface area contributed by atoms with Crippen LogP contribution in [0.25, 0.3) is 0 Å². The van der Waals surface area contributed by atoms with Crippen molar-refractivity contribution in [3.63, 3.8) is 0 Å². The quantitative estimate of drug-likeness (QED) is 0.565. The van der Waals surface area contributed by atoms with Gasteiger partial charge in [0.15, 0.2) is 0 Å². The first-order valence-electron chi connectivity index (χ1n) is 8.27.